The van der Waals surface area contributed by atoms with Gasteiger partial charge in [-0.1, -0.05) is 17.7 Å². The average molecular weight is 281 g/mol. The first-order valence-corrected chi connectivity index (χ1v) is 5.46. The van der Waals surface area contributed by atoms with Gasteiger partial charge in [-0.15, -0.1) is 0 Å². The molecule has 0 saturated carbocycles. The summed E-state index contributed by atoms with van der Waals surface area (Å²) in [6.07, 6.45) is 1.52. The van der Waals surface area contributed by atoms with Crippen molar-refractivity contribution in [2.45, 2.75) is 6.92 Å². The smallest absolute Gasteiger partial charge is 0.336 e. The second-order valence-corrected chi connectivity index (χ2v) is 4.31. The van der Waals surface area contributed by atoms with Crippen LogP contribution in [0.3, 0.4) is 0 Å². The normalized spacial score (nSPS) is 10.4. The predicted octanol–water partition coefficient (Wildman–Crippen LogP) is 3.72. The number of carboxylic acids is 1. The standard InChI is InChI=1S/C12H9BrO3/c1-7-2-3-8(9(6-7)12(14)15)11-10(13)4-5-16-11/h2-6H,1H3,(H,14,15). The summed E-state index contributed by atoms with van der Waals surface area (Å²) < 4.78 is 6.02. The van der Waals surface area contributed by atoms with Crippen LogP contribution in [-0.2, 0) is 0 Å². The lowest BCUT2D eigenvalue weighted by Gasteiger charge is -2.05. The van der Waals surface area contributed by atoms with E-state index in [2.05, 4.69) is 15.9 Å². The zero-order chi connectivity index (χ0) is 11.7. The van der Waals surface area contributed by atoms with Crippen LogP contribution in [0.25, 0.3) is 11.3 Å². The summed E-state index contributed by atoms with van der Waals surface area (Å²) in [7, 11) is 0. The lowest BCUT2D eigenvalue weighted by molar-refractivity contribution is 0.0697. The van der Waals surface area contributed by atoms with Crippen LogP contribution < -0.4 is 0 Å². The van der Waals surface area contributed by atoms with Gasteiger partial charge in [0.05, 0.1) is 16.3 Å². The highest BCUT2D eigenvalue weighted by Gasteiger charge is 2.16. The van der Waals surface area contributed by atoms with Crippen molar-refractivity contribution in [3.63, 3.8) is 0 Å². The Labute approximate surface area is 101 Å². The van der Waals surface area contributed by atoms with Crippen molar-refractivity contribution in [3.05, 3.63) is 46.1 Å². The minimum absolute atomic E-state index is 0.246. The van der Waals surface area contributed by atoms with E-state index in [1.807, 2.05) is 13.0 Å². The van der Waals surface area contributed by atoms with E-state index < -0.39 is 5.97 Å². The van der Waals surface area contributed by atoms with Crippen LogP contribution in [0.2, 0.25) is 0 Å². The molecule has 0 bridgehead atoms. The maximum Gasteiger partial charge on any atom is 0.336 e. The van der Waals surface area contributed by atoms with E-state index in [1.54, 1.807) is 18.2 Å². The van der Waals surface area contributed by atoms with Gasteiger partial charge in [0.15, 0.2) is 0 Å². The van der Waals surface area contributed by atoms with E-state index in [0.29, 0.717) is 11.3 Å². The fraction of sp³-hybridized carbons (Fsp3) is 0.0833. The summed E-state index contributed by atoms with van der Waals surface area (Å²) in [6.45, 7) is 1.85. The Morgan fingerprint density at radius 2 is 2.12 bits per heavy atom. The first-order chi connectivity index (χ1) is 7.59. The Kier molecular flexibility index (Phi) is 2.83. The fourth-order valence-corrected chi connectivity index (χ4v) is 1.93. The number of carbonyl (C=O) groups is 1. The molecule has 1 aromatic heterocycles. The molecule has 0 saturated heterocycles. The molecule has 0 fully saturated rings. The predicted molar refractivity (Wildman–Crippen MR) is 63.5 cm³/mol. The van der Waals surface area contributed by atoms with Crippen molar-refractivity contribution in [1.29, 1.82) is 0 Å². The molecule has 0 aliphatic rings. The highest BCUT2D eigenvalue weighted by molar-refractivity contribution is 9.10. The Balaban J connectivity index is 2.65. The van der Waals surface area contributed by atoms with Crippen molar-refractivity contribution in [1.82, 2.24) is 0 Å². The van der Waals surface area contributed by atoms with Gasteiger partial charge in [0.2, 0.25) is 0 Å². The Morgan fingerprint density at radius 3 is 2.69 bits per heavy atom. The maximum absolute atomic E-state index is 11.1. The quantitative estimate of drug-likeness (QED) is 0.912. The summed E-state index contributed by atoms with van der Waals surface area (Å²) in [4.78, 5) is 11.1. The molecule has 1 aromatic carbocycles. The molecule has 1 N–H and O–H groups in total. The molecule has 0 atom stereocenters. The molecule has 0 aliphatic heterocycles. The highest BCUT2D eigenvalue weighted by Crippen LogP contribution is 2.32. The van der Waals surface area contributed by atoms with Gasteiger partial charge in [-0.05, 0) is 35.0 Å². The minimum atomic E-state index is -0.956. The van der Waals surface area contributed by atoms with Crippen LogP contribution >= 0.6 is 15.9 Å². The number of furan rings is 1. The van der Waals surface area contributed by atoms with E-state index in [-0.39, 0.29) is 5.56 Å². The molecule has 0 spiro atoms. The zero-order valence-corrected chi connectivity index (χ0v) is 10.1. The number of hydrogen-bond acceptors (Lipinski definition) is 2. The van der Waals surface area contributed by atoms with Crippen LogP contribution in [0.4, 0.5) is 0 Å². The summed E-state index contributed by atoms with van der Waals surface area (Å²) in [6, 6.07) is 6.98. The van der Waals surface area contributed by atoms with Crippen LogP contribution in [0.5, 0.6) is 0 Å². The van der Waals surface area contributed by atoms with Crippen molar-refractivity contribution >= 4 is 21.9 Å². The van der Waals surface area contributed by atoms with E-state index in [4.69, 9.17) is 9.52 Å². The number of benzene rings is 1. The molecule has 0 aliphatic carbocycles. The molecule has 82 valence electrons. The van der Waals surface area contributed by atoms with E-state index in [1.165, 1.54) is 6.26 Å². The molecule has 0 radical (unpaired) electrons. The number of aromatic carboxylic acids is 1. The molecular weight excluding hydrogens is 272 g/mol. The number of carboxylic acid groups (broad SMARTS) is 1. The number of hydrogen-bond donors (Lipinski definition) is 1. The van der Waals surface area contributed by atoms with E-state index in [9.17, 15) is 4.79 Å². The second kappa shape index (κ2) is 4.14. The van der Waals surface area contributed by atoms with Gasteiger partial charge in [-0.2, -0.15) is 0 Å². The first kappa shape index (κ1) is 11.0. The Bertz CT molecular complexity index is 543. The van der Waals surface area contributed by atoms with E-state index in [0.717, 1.165) is 10.0 Å². The summed E-state index contributed by atoms with van der Waals surface area (Å²) in [5, 5.41) is 9.12. The van der Waals surface area contributed by atoms with Crippen LogP contribution in [0.15, 0.2) is 39.4 Å². The van der Waals surface area contributed by atoms with Crippen molar-refractivity contribution in [2.75, 3.05) is 0 Å². The number of rotatable bonds is 2. The van der Waals surface area contributed by atoms with Crippen molar-refractivity contribution in [3.8, 4) is 11.3 Å². The monoisotopic (exact) mass is 280 g/mol. The van der Waals surface area contributed by atoms with Gasteiger partial charge in [0, 0.05) is 5.56 Å². The molecular formula is C12H9BrO3. The van der Waals surface area contributed by atoms with Crippen LogP contribution in [-0.4, -0.2) is 11.1 Å². The van der Waals surface area contributed by atoms with Crippen molar-refractivity contribution in [2.24, 2.45) is 0 Å². The third kappa shape index (κ3) is 1.88. The zero-order valence-electron chi connectivity index (χ0n) is 8.53. The fourth-order valence-electron chi connectivity index (χ4n) is 1.52. The molecule has 1 heterocycles. The second-order valence-electron chi connectivity index (χ2n) is 3.45. The van der Waals surface area contributed by atoms with E-state index >= 15 is 0 Å². The van der Waals surface area contributed by atoms with Crippen molar-refractivity contribution < 1.29 is 14.3 Å². The topological polar surface area (TPSA) is 50.4 Å². The molecule has 0 amide bonds. The maximum atomic E-state index is 11.1. The lowest BCUT2D eigenvalue weighted by atomic mass is 10.0. The van der Waals surface area contributed by atoms with Gasteiger partial charge in [-0.3, -0.25) is 0 Å². The minimum Gasteiger partial charge on any atom is -0.478 e. The van der Waals surface area contributed by atoms with Gasteiger partial charge in [0.25, 0.3) is 0 Å². The molecule has 0 unspecified atom stereocenters. The number of aryl methyl sites for hydroxylation is 1. The summed E-state index contributed by atoms with van der Waals surface area (Å²) in [5.74, 6) is -0.417. The third-order valence-electron chi connectivity index (χ3n) is 2.27. The Morgan fingerprint density at radius 1 is 1.38 bits per heavy atom. The largest absolute Gasteiger partial charge is 0.478 e. The van der Waals surface area contributed by atoms with Crippen LogP contribution in [0, 0.1) is 6.92 Å². The summed E-state index contributed by atoms with van der Waals surface area (Å²) in [5.41, 5.74) is 1.73. The van der Waals surface area contributed by atoms with Gasteiger partial charge >= 0.3 is 5.97 Å². The van der Waals surface area contributed by atoms with Crippen LogP contribution in [0.1, 0.15) is 15.9 Å². The SMILES string of the molecule is Cc1ccc(-c2occc2Br)c(C(=O)O)c1. The van der Waals surface area contributed by atoms with Gasteiger partial charge in [0.1, 0.15) is 5.76 Å². The average Bonchev–Trinajstić information content (AvgIpc) is 2.64. The summed E-state index contributed by atoms with van der Waals surface area (Å²) >= 11 is 3.32. The number of halogens is 1. The molecule has 2 rings (SSSR count). The third-order valence-corrected chi connectivity index (χ3v) is 2.89. The Hall–Kier alpha value is -1.55. The molecule has 3 nitrogen and oxygen atoms in total. The van der Waals surface area contributed by atoms with Gasteiger partial charge in [-0.25, -0.2) is 4.79 Å². The lowest BCUT2D eigenvalue weighted by Crippen LogP contribution is -1.99. The van der Waals surface area contributed by atoms with Gasteiger partial charge < -0.3 is 9.52 Å². The molecule has 2 aromatic rings. The highest BCUT2D eigenvalue weighted by atomic mass is 79.9. The molecule has 4 heteroatoms. The molecule has 16 heavy (non-hydrogen) atoms. The first-order valence-electron chi connectivity index (χ1n) is 4.67.